The average molecular weight is 184 g/mol. The highest BCUT2D eigenvalue weighted by molar-refractivity contribution is 5.73. The van der Waals surface area contributed by atoms with Crippen molar-refractivity contribution >= 4 is 5.91 Å². The Morgan fingerprint density at radius 1 is 1.46 bits per heavy atom. The molecule has 1 aliphatic rings. The fourth-order valence-electron chi connectivity index (χ4n) is 2.19. The number of hydrogen-bond acceptors (Lipinski definition) is 2. The maximum absolute atomic E-state index is 11.1. The maximum Gasteiger partial charge on any atom is 0.219 e. The smallest absolute Gasteiger partial charge is 0.219 e. The van der Waals surface area contributed by atoms with Gasteiger partial charge in [0.05, 0.1) is 0 Å². The van der Waals surface area contributed by atoms with Gasteiger partial charge in [-0.3, -0.25) is 4.79 Å². The van der Waals surface area contributed by atoms with Crippen molar-refractivity contribution in [3.05, 3.63) is 0 Å². The average Bonchev–Trinajstić information content (AvgIpc) is 2.03. The molecule has 0 aromatic rings. The third kappa shape index (κ3) is 2.44. The quantitative estimate of drug-likeness (QED) is 0.602. The largest absolute Gasteiger partial charge is 0.343 e. The molecule has 0 aliphatic carbocycles. The normalized spacial score (nSPS) is 29.5. The Balaban J connectivity index is 2.51. The van der Waals surface area contributed by atoms with Gasteiger partial charge in [0.25, 0.3) is 0 Å². The van der Waals surface area contributed by atoms with Crippen LogP contribution in [0.25, 0.3) is 0 Å². The van der Waals surface area contributed by atoms with Gasteiger partial charge >= 0.3 is 0 Å². The van der Waals surface area contributed by atoms with Crippen molar-refractivity contribution in [3.8, 4) is 0 Å². The molecule has 1 aliphatic heterocycles. The van der Waals surface area contributed by atoms with Gasteiger partial charge in [0.15, 0.2) is 0 Å². The van der Waals surface area contributed by atoms with Crippen LogP contribution >= 0.6 is 0 Å². The standard InChI is InChI=1S/C10H20N2O/c1-8-7-12(9(2)13)6-5-10(8)11(3)4/h8,10H,5-7H2,1-4H3. The monoisotopic (exact) mass is 184 g/mol. The molecule has 0 saturated carbocycles. The van der Waals surface area contributed by atoms with Crippen molar-refractivity contribution < 1.29 is 4.79 Å². The summed E-state index contributed by atoms with van der Waals surface area (Å²) in [5, 5.41) is 0. The Labute approximate surface area is 80.7 Å². The number of rotatable bonds is 1. The maximum atomic E-state index is 11.1. The second-order valence-electron chi connectivity index (χ2n) is 4.26. The Morgan fingerprint density at radius 3 is 2.46 bits per heavy atom. The fraction of sp³-hybridized carbons (Fsp3) is 0.900. The van der Waals surface area contributed by atoms with E-state index in [9.17, 15) is 4.79 Å². The lowest BCUT2D eigenvalue weighted by Gasteiger charge is -2.39. The Hall–Kier alpha value is -0.570. The summed E-state index contributed by atoms with van der Waals surface area (Å²) in [6, 6.07) is 0.635. The van der Waals surface area contributed by atoms with Gasteiger partial charge in [0.2, 0.25) is 5.91 Å². The van der Waals surface area contributed by atoms with Crippen molar-refractivity contribution in [2.45, 2.75) is 26.3 Å². The topological polar surface area (TPSA) is 23.6 Å². The first-order valence-corrected chi connectivity index (χ1v) is 4.94. The van der Waals surface area contributed by atoms with Gasteiger partial charge in [-0.25, -0.2) is 0 Å². The molecule has 13 heavy (non-hydrogen) atoms. The summed E-state index contributed by atoms with van der Waals surface area (Å²) in [6.45, 7) is 5.71. The fourth-order valence-corrected chi connectivity index (χ4v) is 2.19. The number of amides is 1. The van der Waals surface area contributed by atoms with E-state index in [0.29, 0.717) is 12.0 Å². The first-order valence-electron chi connectivity index (χ1n) is 4.94. The molecule has 76 valence electrons. The summed E-state index contributed by atoms with van der Waals surface area (Å²) in [7, 11) is 4.23. The summed E-state index contributed by atoms with van der Waals surface area (Å²) >= 11 is 0. The molecule has 1 amide bonds. The zero-order chi connectivity index (χ0) is 10.0. The zero-order valence-corrected chi connectivity index (χ0v) is 9.08. The van der Waals surface area contributed by atoms with Gasteiger partial charge in [-0.1, -0.05) is 6.92 Å². The third-order valence-electron chi connectivity index (χ3n) is 2.97. The van der Waals surface area contributed by atoms with Crippen molar-refractivity contribution in [2.75, 3.05) is 27.2 Å². The van der Waals surface area contributed by atoms with Crippen molar-refractivity contribution in [1.82, 2.24) is 9.80 Å². The van der Waals surface area contributed by atoms with E-state index in [0.717, 1.165) is 19.5 Å². The van der Waals surface area contributed by atoms with Crippen LogP contribution in [0.1, 0.15) is 20.3 Å². The van der Waals surface area contributed by atoms with Crippen LogP contribution in [0.4, 0.5) is 0 Å². The molecule has 1 fully saturated rings. The Morgan fingerprint density at radius 2 is 2.08 bits per heavy atom. The van der Waals surface area contributed by atoms with E-state index >= 15 is 0 Å². The van der Waals surface area contributed by atoms with Gasteiger partial charge in [0.1, 0.15) is 0 Å². The minimum atomic E-state index is 0.212. The van der Waals surface area contributed by atoms with Crippen molar-refractivity contribution in [3.63, 3.8) is 0 Å². The van der Waals surface area contributed by atoms with Crippen LogP contribution < -0.4 is 0 Å². The molecular formula is C10H20N2O. The Bertz CT molecular complexity index is 191. The molecule has 3 nitrogen and oxygen atoms in total. The predicted molar refractivity (Wildman–Crippen MR) is 53.5 cm³/mol. The summed E-state index contributed by atoms with van der Waals surface area (Å²) < 4.78 is 0. The number of carbonyl (C=O) groups is 1. The highest BCUT2D eigenvalue weighted by Crippen LogP contribution is 2.19. The number of hydrogen-bond donors (Lipinski definition) is 0. The number of nitrogens with zero attached hydrogens (tertiary/aromatic N) is 2. The van der Waals surface area contributed by atoms with Gasteiger partial charge < -0.3 is 9.80 Å². The van der Waals surface area contributed by atoms with E-state index in [1.165, 1.54) is 0 Å². The molecule has 1 rings (SSSR count). The van der Waals surface area contributed by atoms with Gasteiger partial charge in [-0.05, 0) is 26.4 Å². The highest BCUT2D eigenvalue weighted by Gasteiger charge is 2.28. The summed E-state index contributed by atoms with van der Waals surface area (Å²) in [5.41, 5.74) is 0. The third-order valence-corrected chi connectivity index (χ3v) is 2.97. The van der Waals surface area contributed by atoms with E-state index in [-0.39, 0.29) is 5.91 Å². The van der Waals surface area contributed by atoms with Crippen molar-refractivity contribution in [2.24, 2.45) is 5.92 Å². The number of carbonyl (C=O) groups excluding carboxylic acids is 1. The van der Waals surface area contributed by atoms with E-state index in [2.05, 4.69) is 25.9 Å². The molecule has 0 radical (unpaired) electrons. The van der Waals surface area contributed by atoms with Crippen LogP contribution in [-0.4, -0.2) is 48.9 Å². The molecule has 0 N–H and O–H groups in total. The summed E-state index contributed by atoms with van der Waals surface area (Å²) in [4.78, 5) is 15.3. The molecule has 0 aromatic heterocycles. The van der Waals surface area contributed by atoms with E-state index in [1.54, 1.807) is 6.92 Å². The minimum absolute atomic E-state index is 0.212. The van der Waals surface area contributed by atoms with Gasteiger partial charge in [-0.2, -0.15) is 0 Å². The molecular weight excluding hydrogens is 164 g/mol. The number of likely N-dealkylation sites (tertiary alicyclic amines) is 1. The zero-order valence-electron chi connectivity index (χ0n) is 9.08. The molecule has 2 unspecified atom stereocenters. The second-order valence-corrected chi connectivity index (χ2v) is 4.26. The first kappa shape index (κ1) is 10.5. The van der Waals surface area contributed by atoms with Gasteiger partial charge in [-0.15, -0.1) is 0 Å². The Kier molecular flexibility index (Phi) is 3.31. The molecule has 0 aromatic carbocycles. The van der Waals surface area contributed by atoms with Crippen LogP contribution in [0, 0.1) is 5.92 Å². The van der Waals surface area contributed by atoms with Crippen LogP contribution in [0.5, 0.6) is 0 Å². The lowest BCUT2D eigenvalue weighted by molar-refractivity contribution is -0.131. The van der Waals surface area contributed by atoms with E-state index in [4.69, 9.17) is 0 Å². The molecule has 0 bridgehead atoms. The molecule has 1 saturated heterocycles. The molecule has 2 atom stereocenters. The van der Waals surface area contributed by atoms with Crippen LogP contribution in [-0.2, 0) is 4.79 Å². The number of piperidine rings is 1. The second kappa shape index (κ2) is 4.09. The molecule has 1 heterocycles. The lowest BCUT2D eigenvalue weighted by atomic mass is 9.93. The molecule has 0 spiro atoms. The van der Waals surface area contributed by atoms with E-state index in [1.807, 2.05) is 4.90 Å². The first-order chi connectivity index (χ1) is 6.02. The minimum Gasteiger partial charge on any atom is -0.343 e. The van der Waals surface area contributed by atoms with Crippen LogP contribution in [0.2, 0.25) is 0 Å². The van der Waals surface area contributed by atoms with Crippen molar-refractivity contribution in [1.29, 1.82) is 0 Å². The summed E-state index contributed by atoms with van der Waals surface area (Å²) in [6.07, 6.45) is 1.10. The molecule has 3 heteroatoms. The van der Waals surface area contributed by atoms with Gasteiger partial charge in [0, 0.05) is 26.1 Å². The van der Waals surface area contributed by atoms with Crippen LogP contribution in [0.3, 0.4) is 0 Å². The predicted octanol–water partition coefficient (Wildman–Crippen LogP) is 0.805. The highest BCUT2D eigenvalue weighted by atomic mass is 16.2. The lowest BCUT2D eigenvalue weighted by Crippen LogP contribution is -2.49. The van der Waals surface area contributed by atoms with E-state index < -0.39 is 0 Å². The summed E-state index contributed by atoms with van der Waals surface area (Å²) in [5.74, 6) is 0.803. The van der Waals surface area contributed by atoms with Crippen LogP contribution in [0.15, 0.2) is 0 Å². The SMILES string of the molecule is CC(=O)N1CCC(N(C)C)C(C)C1.